The highest BCUT2D eigenvalue weighted by Gasteiger charge is 2.31. The summed E-state index contributed by atoms with van der Waals surface area (Å²) in [5.74, 6) is 0.291. The SMILES string of the molecule is Cc1cc(C)nc(N(C)Cc2cccc(OC(F)(F)F)c2)n1. The molecule has 22 heavy (non-hydrogen) atoms. The molecule has 0 aliphatic rings. The maximum absolute atomic E-state index is 12.2. The van der Waals surface area contributed by atoms with Crippen LogP contribution in [0.4, 0.5) is 19.1 Å². The Morgan fingerprint density at radius 1 is 1.09 bits per heavy atom. The number of hydrogen-bond donors (Lipinski definition) is 0. The van der Waals surface area contributed by atoms with Gasteiger partial charge in [-0.2, -0.15) is 0 Å². The minimum atomic E-state index is -4.69. The first-order valence-electron chi connectivity index (χ1n) is 6.61. The van der Waals surface area contributed by atoms with Crippen molar-refractivity contribution in [1.82, 2.24) is 9.97 Å². The van der Waals surface area contributed by atoms with Crippen LogP contribution in [0.3, 0.4) is 0 Å². The molecule has 0 atom stereocenters. The van der Waals surface area contributed by atoms with Gasteiger partial charge in [0.2, 0.25) is 5.95 Å². The lowest BCUT2D eigenvalue weighted by Gasteiger charge is -2.18. The summed E-state index contributed by atoms with van der Waals surface area (Å²) < 4.78 is 40.6. The van der Waals surface area contributed by atoms with Gasteiger partial charge in [-0.3, -0.25) is 0 Å². The predicted molar refractivity (Wildman–Crippen MR) is 76.7 cm³/mol. The van der Waals surface area contributed by atoms with Crippen LogP contribution in [0.5, 0.6) is 5.75 Å². The molecule has 0 fully saturated rings. The number of benzene rings is 1. The fourth-order valence-electron chi connectivity index (χ4n) is 2.06. The summed E-state index contributed by atoms with van der Waals surface area (Å²) in [6, 6.07) is 7.72. The van der Waals surface area contributed by atoms with E-state index in [2.05, 4.69) is 14.7 Å². The van der Waals surface area contributed by atoms with Crippen LogP contribution in [0.15, 0.2) is 30.3 Å². The average molecular weight is 311 g/mol. The number of hydrogen-bond acceptors (Lipinski definition) is 4. The lowest BCUT2D eigenvalue weighted by molar-refractivity contribution is -0.274. The summed E-state index contributed by atoms with van der Waals surface area (Å²) in [6.45, 7) is 4.10. The number of ether oxygens (including phenoxy) is 1. The fraction of sp³-hybridized carbons (Fsp3) is 0.333. The van der Waals surface area contributed by atoms with Crippen LogP contribution in [0.2, 0.25) is 0 Å². The summed E-state index contributed by atoms with van der Waals surface area (Å²) in [5, 5.41) is 0. The van der Waals surface area contributed by atoms with Crippen molar-refractivity contribution < 1.29 is 17.9 Å². The van der Waals surface area contributed by atoms with Crippen LogP contribution < -0.4 is 9.64 Å². The Hall–Kier alpha value is -2.31. The standard InChI is InChI=1S/C15H16F3N3O/c1-10-7-11(2)20-14(19-10)21(3)9-12-5-4-6-13(8-12)22-15(16,17)18/h4-8H,9H2,1-3H3. The Bertz CT molecular complexity index is 638. The number of aromatic nitrogens is 2. The summed E-state index contributed by atoms with van der Waals surface area (Å²) in [5.41, 5.74) is 2.35. The first-order valence-corrected chi connectivity index (χ1v) is 6.61. The van der Waals surface area contributed by atoms with E-state index in [4.69, 9.17) is 0 Å². The van der Waals surface area contributed by atoms with E-state index in [1.165, 1.54) is 18.2 Å². The molecule has 2 aromatic rings. The molecule has 0 bridgehead atoms. The Balaban J connectivity index is 2.14. The zero-order chi connectivity index (χ0) is 16.3. The molecule has 118 valence electrons. The second-order valence-corrected chi connectivity index (χ2v) is 5.00. The van der Waals surface area contributed by atoms with Crippen LogP contribution in [0.1, 0.15) is 17.0 Å². The van der Waals surface area contributed by atoms with Crippen molar-refractivity contribution >= 4 is 5.95 Å². The molecule has 0 saturated heterocycles. The molecule has 1 aromatic heterocycles. The Labute approximate surface area is 126 Å². The average Bonchev–Trinajstić information content (AvgIpc) is 2.35. The first-order chi connectivity index (χ1) is 10.2. The Morgan fingerprint density at radius 2 is 1.73 bits per heavy atom. The quantitative estimate of drug-likeness (QED) is 0.864. The highest BCUT2D eigenvalue weighted by molar-refractivity contribution is 5.35. The number of alkyl halides is 3. The Kier molecular flexibility index (Phi) is 4.54. The van der Waals surface area contributed by atoms with Gasteiger partial charge in [-0.25, -0.2) is 9.97 Å². The van der Waals surface area contributed by atoms with Gasteiger partial charge in [0.25, 0.3) is 0 Å². The van der Waals surface area contributed by atoms with Gasteiger partial charge >= 0.3 is 6.36 Å². The molecule has 0 amide bonds. The van der Waals surface area contributed by atoms with Crippen molar-refractivity contribution in [2.24, 2.45) is 0 Å². The van der Waals surface area contributed by atoms with Crippen LogP contribution in [-0.4, -0.2) is 23.4 Å². The molecule has 0 aliphatic heterocycles. The summed E-state index contributed by atoms with van der Waals surface area (Å²) >= 11 is 0. The van der Waals surface area contributed by atoms with Crippen LogP contribution in [0, 0.1) is 13.8 Å². The molecule has 0 spiro atoms. The van der Waals surface area contributed by atoms with Crippen LogP contribution in [-0.2, 0) is 6.54 Å². The smallest absolute Gasteiger partial charge is 0.406 e. The largest absolute Gasteiger partial charge is 0.573 e. The molecule has 1 aromatic carbocycles. The molecular formula is C15H16F3N3O. The molecule has 1 heterocycles. The van der Waals surface area contributed by atoms with Gasteiger partial charge in [0.05, 0.1) is 0 Å². The van der Waals surface area contributed by atoms with E-state index in [9.17, 15) is 13.2 Å². The minimum absolute atomic E-state index is 0.236. The molecule has 0 saturated carbocycles. The Morgan fingerprint density at radius 3 is 2.32 bits per heavy atom. The zero-order valence-electron chi connectivity index (χ0n) is 12.5. The first kappa shape index (κ1) is 16.1. The van der Waals surface area contributed by atoms with E-state index >= 15 is 0 Å². The summed E-state index contributed by atoms with van der Waals surface area (Å²) in [7, 11) is 1.78. The molecule has 7 heteroatoms. The third kappa shape index (κ3) is 4.61. The number of halogens is 3. The third-order valence-corrected chi connectivity index (χ3v) is 2.86. The van der Waals surface area contributed by atoms with Gasteiger partial charge in [0.1, 0.15) is 5.75 Å². The van der Waals surface area contributed by atoms with Gasteiger partial charge in [0.15, 0.2) is 0 Å². The highest BCUT2D eigenvalue weighted by Crippen LogP contribution is 2.24. The monoisotopic (exact) mass is 311 g/mol. The minimum Gasteiger partial charge on any atom is -0.406 e. The highest BCUT2D eigenvalue weighted by atomic mass is 19.4. The fourth-order valence-corrected chi connectivity index (χ4v) is 2.06. The number of rotatable bonds is 4. The van der Waals surface area contributed by atoms with E-state index in [1.54, 1.807) is 18.0 Å². The predicted octanol–water partition coefficient (Wildman–Crippen LogP) is 3.63. The van der Waals surface area contributed by atoms with E-state index in [0.29, 0.717) is 18.1 Å². The summed E-state index contributed by atoms with van der Waals surface area (Å²) in [4.78, 5) is 10.4. The molecule has 2 rings (SSSR count). The lowest BCUT2D eigenvalue weighted by atomic mass is 10.2. The zero-order valence-corrected chi connectivity index (χ0v) is 12.5. The van der Waals surface area contributed by atoms with Gasteiger partial charge < -0.3 is 9.64 Å². The second-order valence-electron chi connectivity index (χ2n) is 5.00. The van der Waals surface area contributed by atoms with Crippen molar-refractivity contribution in [3.8, 4) is 5.75 Å². The third-order valence-electron chi connectivity index (χ3n) is 2.86. The van der Waals surface area contributed by atoms with Crippen molar-refractivity contribution in [1.29, 1.82) is 0 Å². The number of anilines is 1. The van der Waals surface area contributed by atoms with Crippen LogP contribution in [0.25, 0.3) is 0 Å². The summed E-state index contributed by atoms with van der Waals surface area (Å²) in [6.07, 6.45) is -4.69. The number of nitrogens with zero attached hydrogens (tertiary/aromatic N) is 3. The van der Waals surface area contributed by atoms with Crippen molar-refractivity contribution in [3.63, 3.8) is 0 Å². The van der Waals surface area contributed by atoms with Crippen LogP contribution >= 0.6 is 0 Å². The van der Waals surface area contributed by atoms with Gasteiger partial charge in [0, 0.05) is 25.0 Å². The lowest BCUT2D eigenvalue weighted by Crippen LogP contribution is -2.20. The van der Waals surface area contributed by atoms with E-state index in [0.717, 1.165) is 11.4 Å². The molecule has 0 N–H and O–H groups in total. The molecule has 0 aliphatic carbocycles. The van der Waals surface area contributed by atoms with Gasteiger partial charge in [-0.1, -0.05) is 12.1 Å². The molecule has 0 unspecified atom stereocenters. The van der Waals surface area contributed by atoms with Gasteiger partial charge in [-0.05, 0) is 37.6 Å². The van der Waals surface area contributed by atoms with E-state index in [-0.39, 0.29) is 5.75 Å². The van der Waals surface area contributed by atoms with E-state index in [1.807, 2.05) is 19.9 Å². The topological polar surface area (TPSA) is 38.2 Å². The van der Waals surface area contributed by atoms with Gasteiger partial charge in [-0.15, -0.1) is 13.2 Å². The molecular weight excluding hydrogens is 295 g/mol. The molecule has 0 radical (unpaired) electrons. The van der Waals surface area contributed by atoms with Crippen molar-refractivity contribution in [3.05, 3.63) is 47.3 Å². The van der Waals surface area contributed by atoms with E-state index < -0.39 is 6.36 Å². The van der Waals surface area contributed by atoms with Crippen molar-refractivity contribution in [2.75, 3.05) is 11.9 Å². The number of aryl methyl sites for hydroxylation is 2. The maximum atomic E-state index is 12.2. The second kappa shape index (κ2) is 6.21. The van der Waals surface area contributed by atoms with Crippen molar-refractivity contribution in [2.45, 2.75) is 26.8 Å². The molecule has 4 nitrogen and oxygen atoms in total. The maximum Gasteiger partial charge on any atom is 0.573 e. The normalized spacial score (nSPS) is 11.4.